The zero-order valence-corrected chi connectivity index (χ0v) is 16.9. The van der Waals surface area contributed by atoms with Crippen molar-refractivity contribution in [1.82, 2.24) is 15.2 Å². The van der Waals surface area contributed by atoms with Crippen LogP contribution < -0.4 is 5.32 Å². The molecule has 2 aliphatic carbocycles. The molecular weight excluding hydrogens is 402 g/mol. The van der Waals surface area contributed by atoms with Crippen LogP contribution in [-0.2, 0) is 9.84 Å². The predicted octanol–water partition coefficient (Wildman–Crippen LogP) is 2.95. The molecule has 2 aromatic rings. The average Bonchev–Trinajstić information content (AvgIpc) is 2.97. The number of rotatable bonds is 2. The third-order valence-corrected chi connectivity index (χ3v) is 8.24. The molecule has 9 heteroatoms. The van der Waals surface area contributed by atoms with E-state index in [0.717, 1.165) is 42.7 Å². The number of carbonyl (C=O) groups is 1. The standard InChI is InChI=1S/C19H22ClN3O4S/c20-13-1-2-16-15(7-13)22-17(27-16)12-8-19(9-12)10-14(11-19)21-18(24)23-3-5-28(25,26)6-4-23/h1-2,7,12,14H,3-6,8-11H2,(H,21,24). The Bertz CT molecular complexity index is 1020. The largest absolute Gasteiger partial charge is 0.440 e. The summed E-state index contributed by atoms with van der Waals surface area (Å²) in [6, 6.07) is 5.51. The second-order valence-electron chi connectivity index (χ2n) is 8.46. The molecule has 150 valence electrons. The minimum absolute atomic E-state index is 0.0619. The van der Waals surface area contributed by atoms with Gasteiger partial charge in [0.05, 0.1) is 11.5 Å². The van der Waals surface area contributed by atoms with E-state index in [0.29, 0.717) is 10.9 Å². The number of nitrogens with zero attached hydrogens (tertiary/aromatic N) is 2. The van der Waals surface area contributed by atoms with Crippen molar-refractivity contribution in [3.8, 4) is 0 Å². The molecule has 28 heavy (non-hydrogen) atoms. The summed E-state index contributed by atoms with van der Waals surface area (Å²) >= 11 is 6.01. The van der Waals surface area contributed by atoms with E-state index in [4.69, 9.17) is 16.0 Å². The Morgan fingerprint density at radius 1 is 1.21 bits per heavy atom. The van der Waals surface area contributed by atoms with Crippen LogP contribution in [0.3, 0.4) is 0 Å². The minimum atomic E-state index is -2.97. The van der Waals surface area contributed by atoms with Crippen molar-refractivity contribution in [3.05, 3.63) is 29.1 Å². The zero-order valence-electron chi connectivity index (χ0n) is 15.4. The van der Waals surface area contributed by atoms with Crippen molar-refractivity contribution in [2.45, 2.75) is 37.6 Å². The summed E-state index contributed by atoms with van der Waals surface area (Å²) in [5.41, 5.74) is 1.85. The number of sulfone groups is 1. The quantitative estimate of drug-likeness (QED) is 0.801. The first kappa shape index (κ1) is 18.2. The fourth-order valence-electron chi connectivity index (χ4n) is 4.86. The summed E-state index contributed by atoms with van der Waals surface area (Å²) in [4.78, 5) is 18.5. The van der Waals surface area contributed by atoms with Crippen LogP contribution in [0.1, 0.15) is 37.5 Å². The van der Waals surface area contributed by atoms with E-state index in [1.165, 1.54) is 0 Å². The van der Waals surface area contributed by atoms with E-state index in [-0.39, 0.29) is 42.1 Å². The Labute approximate surface area is 168 Å². The number of oxazole rings is 1. The highest BCUT2D eigenvalue weighted by Crippen LogP contribution is 2.61. The van der Waals surface area contributed by atoms with E-state index < -0.39 is 9.84 Å². The topological polar surface area (TPSA) is 92.5 Å². The highest BCUT2D eigenvalue weighted by atomic mass is 35.5. The van der Waals surface area contributed by atoms with Crippen LogP contribution in [0, 0.1) is 5.41 Å². The summed E-state index contributed by atoms with van der Waals surface area (Å²) in [6.07, 6.45) is 3.99. The van der Waals surface area contributed by atoms with Crippen molar-refractivity contribution in [1.29, 1.82) is 0 Å². The van der Waals surface area contributed by atoms with Gasteiger partial charge in [0.15, 0.2) is 21.3 Å². The van der Waals surface area contributed by atoms with E-state index in [2.05, 4.69) is 10.3 Å². The number of amides is 2. The van der Waals surface area contributed by atoms with E-state index in [1.807, 2.05) is 12.1 Å². The molecule has 1 aliphatic heterocycles. The van der Waals surface area contributed by atoms with E-state index in [1.54, 1.807) is 11.0 Å². The number of aromatic nitrogens is 1. The van der Waals surface area contributed by atoms with Gasteiger partial charge in [0, 0.05) is 30.1 Å². The maximum absolute atomic E-state index is 12.3. The number of benzene rings is 1. The van der Waals surface area contributed by atoms with Crippen molar-refractivity contribution in [3.63, 3.8) is 0 Å². The van der Waals surface area contributed by atoms with Crippen LogP contribution in [0.15, 0.2) is 22.6 Å². The fraction of sp³-hybridized carbons (Fsp3) is 0.579. The number of hydrogen-bond donors (Lipinski definition) is 1. The van der Waals surface area contributed by atoms with Crippen molar-refractivity contribution >= 4 is 38.6 Å². The molecule has 7 nitrogen and oxygen atoms in total. The molecule has 3 aliphatic rings. The van der Waals surface area contributed by atoms with Gasteiger partial charge in [-0.3, -0.25) is 0 Å². The molecule has 1 aromatic carbocycles. The molecule has 3 fully saturated rings. The van der Waals surface area contributed by atoms with Gasteiger partial charge in [0.1, 0.15) is 5.52 Å². The lowest BCUT2D eigenvalue weighted by Gasteiger charge is -2.57. The highest BCUT2D eigenvalue weighted by molar-refractivity contribution is 7.91. The first-order valence-electron chi connectivity index (χ1n) is 9.63. The summed E-state index contributed by atoms with van der Waals surface area (Å²) in [6.45, 7) is 0.575. The molecule has 0 bridgehead atoms. The normalized spacial score (nSPS) is 31.4. The van der Waals surface area contributed by atoms with Gasteiger partial charge in [0.25, 0.3) is 0 Å². The third-order valence-electron chi connectivity index (χ3n) is 6.39. The monoisotopic (exact) mass is 423 g/mol. The number of fused-ring (bicyclic) bond motifs is 1. The van der Waals surface area contributed by atoms with Crippen LogP contribution in [0.5, 0.6) is 0 Å². The van der Waals surface area contributed by atoms with Gasteiger partial charge in [-0.15, -0.1) is 0 Å². The molecule has 2 amide bonds. The first-order valence-corrected chi connectivity index (χ1v) is 11.8. The molecule has 2 heterocycles. The van der Waals surface area contributed by atoms with E-state index in [9.17, 15) is 13.2 Å². The molecular formula is C19H22ClN3O4S. The predicted molar refractivity (Wildman–Crippen MR) is 105 cm³/mol. The molecule has 1 spiro atoms. The highest BCUT2D eigenvalue weighted by Gasteiger charge is 2.54. The van der Waals surface area contributed by atoms with Crippen LogP contribution >= 0.6 is 11.6 Å². The van der Waals surface area contributed by atoms with Crippen molar-refractivity contribution < 1.29 is 17.6 Å². The van der Waals surface area contributed by atoms with Crippen LogP contribution in [0.2, 0.25) is 5.02 Å². The van der Waals surface area contributed by atoms with Crippen LogP contribution in [0.4, 0.5) is 4.79 Å². The third kappa shape index (κ3) is 3.26. The lowest BCUT2D eigenvalue weighted by atomic mass is 9.50. The zero-order chi connectivity index (χ0) is 19.5. The SMILES string of the molecule is O=C(NC1CC2(C1)CC(c1nc3cc(Cl)ccc3o1)C2)N1CCS(=O)(=O)CC1. The first-order chi connectivity index (χ1) is 13.3. The molecule has 2 saturated carbocycles. The van der Waals surface area contributed by atoms with Crippen molar-refractivity contribution in [2.75, 3.05) is 24.6 Å². The Kier molecular flexibility index (Phi) is 4.14. The van der Waals surface area contributed by atoms with Gasteiger partial charge in [-0.2, -0.15) is 0 Å². The second kappa shape index (κ2) is 6.35. The van der Waals surface area contributed by atoms with Gasteiger partial charge in [-0.25, -0.2) is 18.2 Å². The maximum atomic E-state index is 12.3. The molecule has 0 unspecified atom stereocenters. The number of halogens is 1. The number of nitrogens with one attached hydrogen (secondary N) is 1. The lowest BCUT2D eigenvalue weighted by molar-refractivity contribution is -0.0248. The molecule has 0 radical (unpaired) electrons. The molecule has 1 aromatic heterocycles. The Hall–Kier alpha value is -1.80. The van der Waals surface area contributed by atoms with Gasteiger partial charge in [0.2, 0.25) is 0 Å². The second-order valence-corrected chi connectivity index (χ2v) is 11.2. The number of urea groups is 1. The summed E-state index contributed by atoms with van der Waals surface area (Å²) in [5, 5.41) is 3.71. The summed E-state index contributed by atoms with van der Waals surface area (Å²) < 4.78 is 28.8. The molecule has 1 saturated heterocycles. The smallest absolute Gasteiger partial charge is 0.317 e. The summed E-state index contributed by atoms with van der Waals surface area (Å²) in [5.74, 6) is 1.23. The Morgan fingerprint density at radius 3 is 2.64 bits per heavy atom. The van der Waals surface area contributed by atoms with Crippen molar-refractivity contribution in [2.24, 2.45) is 5.41 Å². The van der Waals surface area contributed by atoms with Gasteiger partial charge < -0.3 is 14.6 Å². The maximum Gasteiger partial charge on any atom is 0.317 e. The Morgan fingerprint density at radius 2 is 1.93 bits per heavy atom. The number of hydrogen-bond acceptors (Lipinski definition) is 5. The van der Waals surface area contributed by atoms with Crippen LogP contribution in [-0.4, -0.2) is 55.0 Å². The molecule has 5 rings (SSSR count). The average molecular weight is 424 g/mol. The minimum Gasteiger partial charge on any atom is -0.440 e. The van der Waals surface area contributed by atoms with Gasteiger partial charge in [-0.1, -0.05) is 11.6 Å². The lowest BCUT2D eigenvalue weighted by Crippen LogP contribution is -2.58. The Balaban J connectivity index is 1.12. The van der Waals surface area contributed by atoms with Crippen LogP contribution in [0.25, 0.3) is 11.1 Å². The number of carbonyl (C=O) groups excluding carboxylic acids is 1. The summed E-state index contributed by atoms with van der Waals surface area (Å²) in [7, 11) is -2.97. The van der Waals surface area contributed by atoms with Gasteiger partial charge >= 0.3 is 6.03 Å². The molecule has 1 N–H and O–H groups in total. The fourth-order valence-corrected chi connectivity index (χ4v) is 6.22. The molecule has 0 atom stereocenters. The van der Waals surface area contributed by atoms with Gasteiger partial charge in [-0.05, 0) is 49.3 Å². The van der Waals surface area contributed by atoms with E-state index >= 15 is 0 Å².